The minimum absolute atomic E-state index is 0.136. The van der Waals surface area contributed by atoms with Crippen molar-refractivity contribution in [2.24, 2.45) is 5.10 Å². The van der Waals surface area contributed by atoms with Crippen molar-refractivity contribution >= 4 is 44.0 Å². The zero-order valence-corrected chi connectivity index (χ0v) is 20.4. The smallest absolute Gasteiger partial charge is 0.307 e. The first-order chi connectivity index (χ1) is 15.4. The monoisotopic (exact) mass is 559 g/mol. The second-order valence-electron chi connectivity index (χ2n) is 6.97. The average molecular weight is 561 g/mol. The molecule has 3 aromatic heterocycles. The molecule has 9 heteroatoms. The summed E-state index contributed by atoms with van der Waals surface area (Å²) in [6, 6.07) is 17.0. The molecule has 0 fully saturated rings. The Morgan fingerprint density at radius 3 is 2.44 bits per heavy atom. The van der Waals surface area contributed by atoms with E-state index in [1.54, 1.807) is 18.2 Å². The van der Waals surface area contributed by atoms with Crippen LogP contribution in [0.3, 0.4) is 0 Å². The number of halogens is 2. The Hall–Kier alpha value is -3.04. The van der Waals surface area contributed by atoms with Crippen molar-refractivity contribution in [3.63, 3.8) is 0 Å². The Labute approximate surface area is 201 Å². The first-order valence-corrected chi connectivity index (χ1v) is 11.2. The van der Waals surface area contributed by atoms with Gasteiger partial charge in [-0.15, -0.1) is 0 Å². The maximum atomic E-state index is 12.2. The number of benzene rings is 1. The minimum Gasteiger partial charge on any atom is -0.486 e. The van der Waals surface area contributed by atoms with Gasteiger partial charge in [-0.2, -0.15) is 5.10 Å². The van der Waals surface area contributed by atoms with Crippen molar-refractivity contribution in [3.8, 4) is 11.4 Å². The van der Waals surface area contributed by atoms with Gasteiger partial charge >= 0.3 is 5.91 Å². The predicted molar refractivity (Wildman–Crippen MR) is 127 cm³/mol. The summed E-state index contributed by atoms with van der Waals surface area (Å²) >= 11 is 6.54. The van der Waals surface area contributed by atoms with Crippen molar-refractivity contribution in [2.75, 3.05) is 0 Å². The molecule has 0 spiro atoms. The Bertz CT molecular complexity index is 1230. The van der Waals surface area contributed by atoms with E-state index >= 15 is 0 Å². The number of furan rings is 2. The van der Waals surface area contributed by atoms with Gasteiger partial charge in [-0.05, 0) is 94.2 Å². The number of nitrogens with one attached hydrogen (secondary N) is 1. The molecule has 0 saturated carbocycles. The number of aromatic nitrogens is 1. The molecule has 0 bridgehead atoms. The largest absolute Gasteiger partial charge is 0.486 e. The Kier molecular flexibility index (Phi) is 6.66. The quantitative estimate of drug-likeness (QED) is 0.217. The lowest BCUT2D eigenvalue weighted by molar-refractivity contribution is 0.0923. The van der Waals surface area contributed by atoms with Gasteiger partial charge in [-0.1, -0.05) is 0 Å². The average Bonchev–Trinajstić information content (AvgIpc) is 3.47. The van der Waals surface area contributed by atoms with Gasteiger partial charge in [-0.3, -0.25) is 4.79 Å². The van der Waals surface area contributed by atoms with Crippen LogP contribution < -0.4 is 10.2 Å². The van der Waals surface area contributed by atoms with E-state index < -0.39 is 5.91 Å². The van der Waals surface area contributed by atoms with Crippen LogP contribution in [-0.2, 0) is 6.61 Å². The van der Waals surface area contributed by atoms with E-state index in [4.69, 9.17) is 13.6 Å². The number of rotatable bonds is 7. The van der Waals surface area contributed by atoms with Crippen molar-refractivity contribution in [3.05, 3.63) is 92.4 Å². The fourth-order valence-electron chi connectivity index (χ4n) is 3.14. The third-order valence-electron chi connectivity index (χ3n) is 4.65. The summed E-state index contributed by atoms with van der Waals surface area (Å²) in [5, 5.41) is 3.86. The molecule has 1 N–H and O–H groups in total. The number of carbonyl (C=O) groups is 1. The first kappa shape index (κ1) is 22.2. The normalized spacial score (nSPS) is 11.2. The van der Waals surface area contributed by atoms with Crippen LogP contribution in [0.1, 0.15) is 33.5 Å². The van der Waals surface area contributed by atoms with E-state index in [9.17, 15) is 4.79 Å². The van der Waals surface area contributed by atoms with Gasteiger partial charge in [0.05, 0.1) is 10.7 Å². The molecule has 0 aliphatic rings. The molecule has 1 aromatic carbocycles. The number of ether oxygens (including phenoxy) is 1. The second-order valence-corrected chi connectivity index (χ2v) is 8.54. The zero-order valence-electron chi connectivity index (χ0n) is 17.3. The zero-order chi connectivity index (χ0) is 22.7. The molecule has 4 aromatic rings. The van der Waals surface area contributed by atoms with Crippen molar-refractivity contribution < 1.29 is 18.4 Å². The van der Waals surface area contributed by atoms with Crippen LogP contribution in [-0.4, -0.2) is 16.7 Å². The van der Waals surface area contributed by atoms with E-state index in [1.165, 1.54) is 17.6 Å². The molecule has 0 atom stereocenters. The van der Waals surface area contributed by atoms with Gasteiger partial charge in [0, 0.05) is 23.1 Å². The molecule has 0 saturated heterocycles. The Morgan fingerprint density at radius 2 is 1.78 bits per heavy atom. The number of amides is 1. The van der Waals surface area contributed by atoms with E-state index in [0.717, 1.165) is 10.2 Å². The van der Waals surface area contributed by atoms with E-state index in [2.05, 4.69) is 72.9 Å². The third-order valence-corrected chi connectivity index (χ3v) is 6.36. The van der Waals surface area contributed by atoms with Gasteiger partial charge in [-0.25, -0.2) is 5.43 Å². The number of hydrogen-bond donors (Lipinski definition) is 1. The van der Waals surface area contributed by atoms with Crippen LogP contribution >= 0.6 is 31.9 Å². The summed E-state index contributed by atoms with van der Waals surface area (Å²) in [6.45, 7) is 4.34. The lowest BCUT2D eigenvalue weighted by Crippen LogP contribution is -2.16. The van der Waals surface area contributed by atoms with Gasteiger partial charge < -0.3 is 18.1 Å². The highest BCUT2D eigenvalue weighted by Crippen LogP contribution is 2.25. The molecule has 0 radical (unpaired) electrons. The van der Waals surface area contributed by atoms with Gasteiger partial charge in [0.15, 0.2) is 10.4 Å². The first-order valence-electron chi connectivity index (χ1n) is 9.66. The molecule has 0 aliphatic carbocycles. The number of carbonyl (C=O) groups excluding carboxylic acids is 1. The molecule has 0 aliphatic heterocycles. The maximum absolute atomic E-state index is 12.2. The van der Waals surface area contributed by atoms with Crippen molar-refractivity contribution in [1.29, 1.82) is 0 Å². The van der Waals surface area contributed by atoms with Crippen LogP contribution in [0, 0.1) is 13.8 Å². The number of hydrogen-bond acceptors (Lipinski definition) is 5. The number of nitrogens with zero attached hydrogens (tertiary/aromatic N) is 2. The van der Waals surface area contributed by atoms with Crippen molar-refractivity contribution in [1.82, 2.24) is 9.99 Å². The fraction of sp³-hybridized carbons (Fsp3) is 0.130. The summed E-state index contributed by atoms with van der Waals surface area (Å²) in [6.07, 6.45) is 1.39. The Balaban J connectivity index is 1.31. The van der Waals surface area contributed by atoms with Crippen LogP contribution in [0.5, 0.6) is 5.75 Å². The predicted octanol–water partition coefficient (Wildman–Crippen LogP) is 6.15. The summed E-state index contributed by atoms with van der Waals surface area (Å²) < 4.78 is 20.2. The molecule has 0 unspecified atom stereocenters. The highest BCUT2D eigenvalue weighted by Gasteiger charge is 2.11. The molecule has 32 heavy (non-hydrogen) atoms. The van der Waals surface area contributed by atoms with Crippen molar-refractivity contribution in [2.45, 2.75) is 20.5 Å². The summed E-state index contributed by atoms with van der Waals surface area (Å²) in [5.41, 5.74) is 5.81. The lowest BCUT2D eigenvalue weighted by Gasteiger charge is -2.10. The highest BCUT2D eigenvalue weighted by atomic mass is 79.9. The van der Waals surface area contributed by atoms with Crippen LogP contribution in [0.2, 0.25) is 0 Å². The summed E-state index contributed by atoms with van der Waals surface area (Å²) in [4.78, 5) is 12.2. The standard InChI is InChI=1S/C23H19Br2N3O4/c1-14-3-4-15(2)28(14)16-5-7-17(8-6-16)30-13-18-9-10-21(31-18)23(29)27-26-12-19-11-20(24)22(25)32-19/h3-12H,13H2,1-2H3,(H,27,29)/b26-12+. The molecular formula is C23H19Br2N3O4. The van der Waals surface area contributed by atoms with Gasteiger partial charge in [0.25, 0.3) is 0 Å². The topological polar surface area (TPSA) is 81.9 Å². The van der Waals surface area contributed by atoms with Gasteiger partial charge in [0.1, 0.15) is 23.9 Å². The molecule has 3 heterocycles. The Morgan fingerprint density at radius 1 is 1.06 bits per heavy atom. The molecule has 164 valence electrons. The molecule has 4 rings (SSSR count). The highest BCUT2D eigenvalue weighted by molar-refractivity contribution is 9.13. The second kappa shape index (κ2) is 9.62. The van der Waals surface area contributed by atoms with Crippen LogP contribution in [0.4, 0.5) is 0 Å². The van der Waals surface area contributed by atoms with Gasteiger partial charge in [0.2, 0.25) is 0 Å². The van der Waals surface area contributed by atoms with Crippen LogP contribution in [0.15, 0.2) is 77.7 Å². The summed E-state index contributed by atoms with van der Waals surface area (Å²) in [7, 11) is 0. The maximum Gasteiger partial charge on any atom is 0.307 e. The van der Waals surface area contributed by atoms with Crippen LogP contribution in [0.25, 0.3) is 5.69 Å². The lowest BCUT2D eigenvalue weighted by atomic mass is 10.3. The minimum atomic E-state index is -0.473. The number of hydrazone groups is 1. The van der Waals surface area contributed by atoms with E-state index in [1.807, 2.05) is 24.3 Å². The molecule has 1 amide bonds. The van der Waals surface area contributed by atoms with E-state index in [-0.39, 0.29) is 12.4 Å². The fourth-order valence-corrected chi connectivity index (χ4v) is 3.74. The molecule has 7 nitrogen and oxygen atoms in total. The number of aryl methyl sites for hydroxylation is 2. The third kappa shape index (κ3) is 5.05. The molecular weight excluding hydrogens is 542 g/mol. The SMILES string of the molecule is Cc1ccc(C)n1-c1ccc(OCc2ccc(C(=O)N/N=C/c3cc(Br)c(Br)o3)o2)cc1. The summed E-state index contributed by atoms with van der Waals surface area (Å²) in [5.74, 6) is 1.37. The van der Waals surface area contributed by atoms with E-state index in [0.29, 0.717) is 21.9 Å².